The molecule has 0 saturated heterocycles. The molecular weight excluding hydrogens is 434 g/mol. The number of H-pyrrole nitrogens is 1. The predicted octanol–water partition coefficient (Wildman–Crippen LogP) is 4.20. The highest BCUT2D eigenvalue weighted by Crippen LogP contribution is 2.37. The molecular formula is C22H20F2N6O3. The molecule has 0 aliphatic heterocycles. The monoisotopic (exact) mass is 454 g/mol. The van der Waals surface area contributed by atoms with Crippen LogP contribution in [0.15, 0.2) is 47.3 Å². The number of amides is 1. The summed E-state index contributed by atoms with van der Waals surface area (Å²) >= 11 is 0. The quantitative estimate of drug-likeness (QED) is 0.405. The van der Waals surface area contributed by atoms with Crippen molar-refractivity contribution >= 4 is 11.6 Å². The first-order chi connectivity index (χ1) is 16.0. The molecule has 0 unspecified atom stereocenters. The average Bonchev–Trinajstić information content (AvgIpc) is 3.52. The van der Waals surface area contributed by atoms with Gasteiger partial charge >= 0.3 is 0 Å². The van der Waals surface area contributed by atoms with Gasteiger partial charge in [0.15, 0.2) is 11.6 Å². The Morgan fingerprint density at radius 1 is 1.27 bits per heavy atom. The van der Waals surface area contributed by atoms with E-state index in [0.29, 0.717) is 17.9 Å². The first kappa shape index (κ1) is 21.0. The van der Waals surface area contributed by atoms with Crippen LogP contribution in [-0.2, 0) is 4.74 Å². The summed E-state index contributed by atoms with van der Waals surface area (Å²) in [5.41, 5.74) is 0.616. The number of aromatic nitrogens is 5. The molecule has 0 radical (unpaired) electrons. The molecule has 4 aromatic rings. The summed E-state index contributed by atoms with van der Waals surface area (Å²) in [4.78, 5) is 16.5. The highest BCUT2D eigenvalue weighted by Gasteiger charge is 2.33. The van der Waals surface area contributed by atoms with E-state index in [4.69, 9.17) is 9.15 Å². The molecule has 0 atom stereocenters. The van der Waals surface area contributed by atoms with Crippen molar-refractivity contribution in [3.8, 4) is 22.7 Å². The predicted molar refractivity (Wildman–Crippen MR) is 113 cm³/mol. The van der Waals surface area contributed by atoms with E-state index in [2.05, 4.69) is 25.6 Å². The number of furan rings is 1. The lowest BCUT2D eigenvalue weighted by Crippen LogP contribution is -2.33. The van der Waals surface area contributed by atoms with Crippen molar-refractivity contribution in [3.05, 3.63) is 60.4 Å². The minimum absolute atomic E-state index is 0.0129. The van der Waals surface area contributed by atoms with Gasteiger partial charge in [0.25, 0.3) is 5.91 Å². The number of nitrogens with one attached hydrogen (secondary N) is 2. The summed E-state index contributed by atoms with van der Waals surface area (Å²) in [5.74, 6) is -1.67. The van der Waals surface area contributed by atoms with Gasteiger partial charge in [-0.3, -0.25) is 14.6 Å². The first-order valence-electron chi connectivity index (χ1n) is 10.4. The van der Waals surface area contributed by atoms with Crippen LogP contribution in [0.25, 0.3) is 22.7 Å². The van der Waals surface area contributed by atoms with E-state index in [9.17, 15) is 13.6 Å². The second kappa shape index (κ2) is 8.58. The Kier molecular flexibility index (Phi) is 5.47. The number of ether oxygens (including phenoxy) is 1. The molecule has 170 valence electrons. The van der Waals surface area contributed by atoms with Crippen LogP contribution in [0.5, 0.6) is 0 Å². The van der Waals surface area contributed by atoms with Crippen LogP contribution >= 0.6 is 0 Å². The van der Waals surface area contributed by atoms with Crippen LogP contribution in [0.1, 0.15) is 36.4 Å². The lowest BCUT2D eigenvalue weighted by atomic mass is 9.89. The normalized spacial score (nSPS) is 17.7. The number of anilines is 1. The van der Waals surface area contributed by atoms with E-state index in [-0.39, 0.29) is 35.0 Å². The molecule has 0 spiro atoms. The third kappa shape index (κ3) is 4.14. The van der Waals surface area contributed by atoms with Crippen LogP contribution in [0.3, 0.4) is 0 Å². The molecule has 9 nitrogen and oxygen atoms in total. The highest BCUT2D eigenvalue weighted by molar-refractivity contribution is 6.04. The molecule has 1 amide bonds. The molecule has 4 heterocycles. The zero-order chi connectivity index (χ0) is 22.9. The number of carbonyl (C=O) groups excluding carboxylic acids is 1. The van der Waals surface area contributed by atoms with Crippen molar-refractivity contribution in [2.45, 2.75) is 31.9 Å². The van der Waals surface area contributed by atoms with Crippen molar-refractivity contribution in [1.29, 1.82) is 0 Å². The Morgan fingerprint density at radius 2 is 2.12 bits per heavy atom. The zero-order valence-electron chi connectivity index (χ0n) is 17.6. The molecule has 11 heteroatoms. The van der Waals surface area contributed by atoms with Crippen molar-refractivity contribution in [2.24, 2.45) is 0 Å². The lowest BCUT2D eigenvalue weighted by molar-refractivity contribution is -0.0226. The third-order valence-corrected chi connectivity index (χ3v) is 5.48. The van der Waals surface area contributed by atoms with E-state index in [1.807, 2.05) is 6.92 Å². The van der Waals surface area contributed by atoms with Gasteiger partial charge in [0.1, 0.15) is 17.1 Å². The van der Waals surface area contributed by atoms with Crippen molar-refractivity contribution in [1.82, 2.24) is 25.0 Å². The van der Waals surface area contributed by atoms with Crippen molar-refractivity contribution < 1.29 is 22.7 Å². The van der Waals surface area contributed by atoms with Crippen LogP contribution in [0.2, 0.25) is 0 Å². The summed E-state index contributed by atoms with van der Waals surface area (Å²) < 4.78 is 41.1. The fourth-order valence-electron chi connectivity index (χ4n) is 3.74. The molecule has 2 N–H and O–H groups in total. The fourth-order valence-corrected chi connectivity index (χ4v) is 3.74. The molecule has 1 fully saturated rings. The lowest BCUT2D eigenvalue weighted by Gasteiger charge is -2.34. The number of aromatic amines is 1. The minimum atomic E-state index is -0.853. The SMILES string of the molecule is CCO[C@H]1C[C@@H](n2cc(NC(=O)c3ccc(-c4cn[nH]c4)o3)c(-c3nc(F)ccc3F)n2)C1. The Bertz CT molecular complexity index is 1280. The van der Waals surface area contributed by atoms with Gasteiger partial charge in [-0.25, -0.2) is 9.37 Å². The molecule has 5 rings (SSSR count). The van der Waals surface area contributed by atoms with E-state index in [1.165, 1.54) is 6.07 Å². The van der Waals surface area contributed by atoms with Gasteiger partial charge in [-0.2, -0.15) is 14.6 Å². The van der Waals surface area contributed by atoms with E-state index < -0.39 is 17.7 Å². The summed E-state index contributed by atoms with van der Waals surface area (Å²) in [5, 5.41) is 13.6. The van der Waals surface area contributed by atoms with Crippen LogP contribution in [0, 0.1) is 11.8 Å². The van der Waals surface area contributed by atoms with Gasteiger partial charge in [-0.1, -0.05) is 0 Å². The summed E-state index contributed by atoms with van der Waals surface area (Å²) in [7, 11) is 0. The number of pyridine rings is 1. The molecule has 4 aromatic heterocycles. The smallest absolute Gasteiger partial charge is 0.291 e. The maximum Gasteiger partial charge on any atom is 0.291 e. The molecule has 0 bridgehead atoms. The molecule has 1 saturated carbocycles. The number of hydrogen-bond acceptors (Lipinski definition) is 6. The number of halogens is 2. The Balaban J connectivity index is 1.44. The zero-order valence-corrected chi connectivity index (χ0v) is 17.6. The fraction of sp³-hybridized carbons (Fsp3) is 0.273. The van der Waals surface area contributed by atoms with Crippen molar-refractivity contribution in [3.63, 3.8) is 0 Å². The Morgan fingerprint density at radius 3 is 2.88 bits per heavy atom. The number of nitrogens with zero attached hydrogens (tertiary/aromatic N) is 4. The molecule has 33 heavy (non-hydrogen) atoms. The molecule has 1 aliphatic carbocycles. The molecule has 1 aliphatic rings. The topological polar surface area (TPSA) is 111 Å². The van der Waals surface area contributed by atoms with Crippen LogP contribution in [0.4, 0.5) is 14.5 Å². The van der Waals surface area contributed by atoms with E-state index in [0.717, 1.165) is 25.0 Å². The van der Waals surface area contributed by atoms with Gasteiger partial charge in [0, 0.05) is 19.0 Å². The Labute approximate surface area is 186 Å². The standard InChI is InChI=1S/C22H20F2N6O3/c1-2-32-14-7-13(8-14)30-11-16(21(29-30)20-15(23)3-6-19(24)28-20)27-22(31)18-5-4-17(33-18)12-9-25-26-10-12/h3-6,9-11,13-14H,2,7-8H2,1H3,(H,25,26)(H,27,31)/t13-,14+. The number of carbonyl (C=O) groups is 1. The van der Waals surface area contributed by atoms with Gasteiger partial charge in [0.2, 0.25) is 5.95 Å². The van der Waals surface area contributed by atoms with Crippen LogP contribution < -0.4 is 5.32 Å². The maximum absolute atomic E-state index is 14.5. The minimum Gasteiger partial charge on any atom is -0.451 e. The second-order valence-electron chi connectivity index (χ2n) is 7.64. The van der Waals surface area contributed by atoms with Gasteiger partial charge in [-0.05, 0) is 44.0 Å². The summed E-state index contributed by atoms with van der Waals surface area (Å²) in [6.45, 7) is 2.55. The average molecular weight is 454 g/mol. The number of hydrogen-bond donors (Lipinski definition) is 2. The van der Waals surface area contributed by atoms with Crippen LogP contribution in [-0.4, -0.2) is 43.6 Å². The van der Waals surface area contributed by atoms with E-state index >= 15 is 0 Å². The highest BCUT2D eigenvalue weighted by atomic mass is 19.1. The number of rotatable bonds is 7. The van der Waals surface area contributed by atoms with Gasteiger partial charge < -0.3 is 14.5 Å². The van der Waals surface area contributed by atoms with Gasteiger partial charge in [-0.15, -0.1) is 0 Å². The summed E-state index contributed by atoms with van der Waals surface area (Å²) in [6.07, 6.45) is 6.37. The summed E-state index contributed by atoms with van der Waals surface area (Å²) in [6, 6.07) is 5.06. The largest absolute Gasteiger partial charge is 0.451 e. The Hall–Kier alpha value is -3.86. The van der Waals surface area contributed by atoms with Crippen molar-refractivity contribution in [2.75, 3.05) is 11.9 Å². The molecule has 0 aromatic carbocycles. The van der Waals surface area contributed by atoms with E-state index in [1.54, 1.807) is 29.3 Å². The second-order valence-corrected chi connectivity index (χ2v) is 7.64. The third-order valence-electron chi connectivity index (χ3n) is 5.48. The first-order valence-corrected chi connectivity index (χ1v) is 10.4. The van der Waals surface area contributed by atoms with Gasteiger partial charge in [0.05, 0.1) is 29.6 Å². The maximum atomic E-state index is 14.5.